The van der Waals surface area contributed by atoms with Gasteiger partial charge in [0.15, 0.2) is 5.96 Å². The smallest absolute Gasteiger partial charge is 0.245 e. The minimum atomic E-state index is -1.75. The molecule has 87 heavy (non-hydrogen) atoms. The number of likely N-dealkylation sites (tertiary alicyclic amines) is 1. The average Bonchev–Trinajstić information content (AvgIpc) is 2.39. The van der Waals surface area contributed by atoms with E-state index in [0.29, 0.717) is 41.6 Å². The van der Waals surface area contributed by atoms with Gasteiger partial charge in [0.1, 0.15) is 60.1 Å². The van der Waals surface area contributed by atoms with Crippen molar-refractivity contribution in [3.63, 3.8) is 0 Å². The van der Waals surface area contributed by atoms with Gasteiger partial charge in [-0.05, 0) is 93.0 Å². The van der Waals surface area contributed by atoms with Gasteiger partial charge in [-0.3, -0.25) is 52.9 Å². The normalized spacial score (nSPS) is 17.1. The monoisotopic (exact) mass is 1210 g/mol. The number of aromatic hydroxyl groups is 1. The molecule has 0 saturated carbocycles. The zero-order chi connectivity index (χ0) is 63.3. The van der Waals surface area contributed by atoms with Crippen LogP contribution in [0.2, 0.25) is 0 Å². The predicted molar refractivity (Wildman–Crippen MR) is 320 cm³/mol. The van der Waals surface area contributed by atoms with Gasteiger partial charge in [0, 0.05) is 74.3 Å². The number of guanidine groups is 1. The summed E-state index contributed by atoms with van der Waals surface area (Å²) in [5, 5.41) is 45.9. The highest BCUT2D eigenvalue weighted by Crippen LogP contribution is 2.22. The molecule has 2 fully saturated rings. The number of H-pyrrole nitrogens is 2. The highest BCUT2D eigenvalue weighted by Gasteiger charge is 2.40. The van der Waals surface area contributed by atoms with Gasteiger partial charge in [0.05, 0.1) is 12.9 Å². The van der Waals surface area contributed by atoms with Gasteiger partial charge in [-0.15, -0.1) is 0 Å². The lowest BCUT2D eigenvalue weighted by atomic mass is 9.98. The molecule has 6 rings (SSSR count). The molecule has 472 valence electrons. The van der Waals surface area contributed by atoms with E-state index in [9.17, 15) is 58.2 Å². The van der Waals surface area contributed by atoms with Crippen LogP contribution in [0.4, 0.5) is 0 Å². The highest BCUT2D eigenvalue weighted by atomic mass is 16.3. The lowest BCUT2D eigenvalue weighted by Crippen LogP contribution is -2.61. The van der Waals surface area contributed by atoms with Gasteiger partial charge in [0.2, 0.25) is 59.1 Å². The summed E-state index contributed by atoms with van der Waals surface area (Å²) in [5.74, 6) is -7.55. The molecule has 2 aliphatic heterocycles. The van der Waals surface area contributed by atoms with Crippen LogP contribution in [0.1, 0.15) is 103 Å². The molecule has 4 aromatic rings. The molecule has 10 amide bonds. The number of nitrogens with two attached hydrogens (primary N) is 2. The van der Waals surface area contributed by atoms with Gasteiger partial charge in [-0.1, -0.05) is 58.0 Å². The van der Waals surface area contributed by atoms with Crippen molar-refractivity contribution in [2.75, 3.05) is 26.2 Å². The summed E-state index contributed by atoms with van der Waals surface area (Å²) in [5.41, 5.74) is 13.3. The first-order valence-electron chi connectivity index (χ1n) is 29.5. The fraction of sp³-hybridized carbons (Fsp3) is 0.525. The maximum Gasteiger partial charge on any atom is 0.245 e. The molecule has 17 N–H and O–H groups in total. The third-order valence-electron chi connectivity index (χ3n) is 14.9. The maximum atomic E-state index is 14.7. The number of phenolic OH excluding ortho intramolecular Hbond substituents is 1. The zero-order valence-corrected chi connectivity index (χ0v) is 49.8. The number of aromatic nitrogens is 3. The maximum absolute atomic E-state index is 14.7. The standard InChI is InChI=1S/C59H84N16O12/c1-6-63-57(86)48-14-10-22-75(48)58(87)41(13-9-21-64-59(60)61)68-51(80)42(23-32(2)3)69-52(81)43(24-33(4)5)70-53(82)44(25-34-15-17-37(77)18-16-34)71-56(85)47(30-76)74-54(83)45(26-35-28-65-39-12-8-7-11-38(35)39)72-55(84)46(27-36-29-62-31-66-36)73-50(79)40-19-20-49(78)67-40/h7-8,11-12,15-18,28-29,31-33,40-48,65,76-77H,6,9-10,13-14,19-27,30H2,1-5H3,(H,62,66)(H,63,86)(H,67,78)(H,68,80)(H,69,81)(H,70,82)(H,71,85)(H,72,84)(H,73,79)(H,74,83)(H4,60,61,64)/t40-,41-,42-,43+,44+,45-,46-,47-,48-/m0/s1. The molecule has 0 aliphatic carbocycles. The van der Waals surface area contributed by atoms with Gasteiger partial charge in [-0.2, -0.15) is 0 Å². The van der Waals surface area contributed by atoms with Crippen LogP contribution in [0.5, 0.6) is 5.75 Å². The largest absolute Gasteiger partial charge is 0.508 e. The van der Waals surface area contributed by atoms with Crippen LogP contribution >= 0.6 is 0 Å². The fourth-order valence-corrected chi connectivity index (χ4v) is 10.5. The molecule has 0 radical (unpaired) electrons. The first kappa shape index (κ1) is 67.1. The minimum absolute atomic E-state index is 0.0397. The number of nitrogens with zero attached hydrogens (tertiary/aromatic N) is 3. The number of aliphatic hydroxyl groups is 1. The second-order valence-electron chi connectivity index (χ2n) is 22.8. The summed E-state index contributed by atoms with van der Waals surface area (Å²) in [7, 11) is 0. The second kappa shape index (κ2) is 32.4. The topological polar surface area (TPSA) is 432 Å². The van der Waals surface area contributed by atoms with Crippen molar-refractivity contribution in [2.24, 2.45) is 28.3 Å². The number of likely N-dealkylation sites (N-methyl/N-ethyl adjacent to an activating group) is 1. The molecule has 4 heterocycles. The van der Waals surface area contributed by atoms with Crippen molar-refractivity contribution in [2.45, 2.75) is 160 Å². The van der Waals surface area contributed by atoms with Crippen molar-refractivity contribution in [3.05, 3.63) is 84.1 Å². The molecule has 2 aliphatic rings. The van der Waals surface area contributed by atoms with E-state index in [-0.39, 0.29) is 106 Å². The number of para-hydroxylation sites is 1. The van der Waals surface area contributed by atoms with Crippen LogP contribution in [0, 0.1) is 11.8 Å². The number of benzene rings is 2. The first-order chi connectivity index (χ1) is 41.5. The summed E-state index contributed by atoms with van der Waals surface area (Å²) in [6.07, 6.45) is 5.80. The first-order valence-corrected chi connectivity index (χ1v) is 29.5. The number of aromatic amines is 2. The Hall–Kier alpha value is -9.08. The van der Waals surface area contributed by atoms with E-state index in [4.69, 9.17) is 11.5 Å². The molecule has 2 aromatic carbocycles. The fourth-order valence-electron chi connectivity index (χ4n) is 10.5. The second-order valence-corrected chi connectivity index (χ2v) is 22.8. The van der Waals surface area contributed by atoms with Crippen molar-refractivity contribution in [1.82, 2.24) is 67.7 Å². The Bertz CT molecular complexity index is 3050. The number of aliphatic hydroxyl groups excluding tert-OH is 1. The van der Waals surface area contributed by atoms with E-state index >= 15 is 0 Å². The summed E-state index contributed by atoms with van der Waals surface area (Å²) in [4.78, 5) is 155. The summed E-state index contributed by atoms with van der Waals surface area (Å²) in [6, 6.07) is 1.58. The lowest BCUT2D eigenvalue weighted by Gasteiger charge is -2.31. The Kier molecular flexibility index (Phi) is 25.0. The number of hydrogen-bond acceptors (Lipinski definition) is 14. The Morgan fingerprint density at radius 2 is 1.28 bits per heavy atom. The number of phenols is 1. The number of rotatable bonds is 32. The van der Waals surface area contributed by atoms with E-state index in [1.165, 1.54) is 41.7 Å². The number of aliphatic imine (C=N–C) groups is 1. The van der Waals surface area contributed by atoms with Crippen LogP contribution in [-0.2, 0) is 67.2 Å². The Labute approximate surface area is 504 Å². The number of hydrogen-bond donors (Lipinski definition) is 15. The molecule has 2 aromatic heterocycles. The quantitative estimate of drug-likeness (QED) is 0.0151. The van der Waals surface area contributed by atoms with Crippen LogP contribution < -0.4 is 59.3 Å². The Morgan fingerprint density at radius 3 is 1.85 bits per heavy atom. The molecule has 28 heteroatoms. The molecular formula is C59H84N16O12. The number of nitrogens with one attached hydrogen (secondary N) is 11. The van der Waals surface area contributed by atoms with Gasteiger partial charge in [0.25, 0.3) is 0 Å². The number of carbonyl (C=O) groups is 10. The SMILES string of the molecule is CCNC(=O)[C@@H]1CCCN1C(=O)[C@H](CCCN=C(N)N)NC(=O)[C@H](CC(C)C)NC(=O)[C@@H](CC(C)C)NC(=O)[C@@H](Cc1ccc(O)cc1)NC(=O)[C@H](CO)NC(=O)[C@H](Cc1c[nH]c2ccccc12)NC(=O)[C@H](Cc1cnc[nH]1)NC(=O)[C@@H]1CCC(=O)N1. The molecule has 28 nitrogen and oxygen atoms in total. The number of carbonyl (C=O) groups excluding carboxylic acids is 10. The molecule has 2 saturated heterocycles. The van der Waals surface area contributed by atoms with Crippen molar-refractivity contribution < 1.29 is 58.2 Å². The number of amides is 10. The van der Waals surface area contributed by atoms with Crippen molar-refractivity contribution in [3.8, 4) is 5.75 Å². The zero-order valence-electron chi connectivity index (χ0n) is 49.8. The van der Waals surface area contributed by atoms with Crippen LogP contribution in [0.3, 0.4) is 0 Å². The summed E-state index contributed by atoms with van der Waals surface area (Å²) >= 11 is 0. The van der Waals surface area contributed by atoms with E-state index in [2.05, 4.69) is 67.8 Å². The molecule has 9 atom stereocenters. The van der Waals surface area contributed by atoms with Gasteiger partial charge < -0.3 is 84.4 Å². The van der Waals surface area contributed by atoms with Crippen LogP contribution in [0.25, 0.3) is 10.9 Å². The summed E-state index contributed by atoms with van der Waals surface area (Å²) in [6.45, 7) is 8.82. The van der Waals surface area contributed by atoms with Gasteiger partial charge >= 0.3 is 0 Å². The third-order valence-corrected chi connectivity index (χ3v) is 14.9. The lowest BCUT2D eigenvalue weighted by molar-refractivity contribution is -0.142. The average molecular weight is 1210 g/mol. The molecule has 0 unspecified atom stereocenters. The van der Waals surface area contributed by atoms with E-state index in [1.54, 1.807) is 45.2 Å². The molecule has 0 bridgehead atoms. The van der Waals surface area contributed by atoms with Crippen molar-refractivity contribution in [1.29, 1.82) is 0 Å². The van der Waals surface area contributed by atoms with Gasteiger partial charge in [-0.25, -0.2) is 4.98 Å². The third kappa shape index (κ3) is 20.0. The predicted octanol–water partition coefficient (Wildman–Crippen LogP) is -1.44. The number of fused-ring (bicyclic) bond motifs is 1. The minimum Gasteiger partial charge on any atom is -0.508 e. The van der Waals surface area contributed by atoms with E-state index in [0.717, 1.165) is 5.52 Å². The van der Waals surface area contributed by atoms with Crippen LogP contribution in [-0.4, -0.2) is 176 Å². The Morgan fingerprint density at radius 1 is 0.701 bits per heavy atom. The molecule has 0 spiro atoms. The van der Waals surface area contributed by atoms with Crippen molar-refractivity contribution >= 4 is 75.9 Å². The van der Waals surface area contributed by atoms with Crippen LogP contribution in [0.15, 0.2) is 72.2 Å². The number of imidazole rings is 1. The highest BCUT2D eigenvalue weighted by molar-refractivity contribution is 5.99. The molecular weight excluding hydrogens is 1120 g/mol. The van der Waals surface area contributed by atoms with E-state index < -0.39 is 108 Å². The summed E-state index contributed by atoms with van der Waals surface area (Å²) < 4.78 is 0. The van der Waals surface area contributed by atoms with E-state index in [1.807, 2.05) is 19.9 Å². The Balaban J connectivity index is 1.22.